The summed E-state index contributed by atoms with van der Waals surface area (Å²) in [4.78, 5) is 40.3. The predicted molar refractivity (Wildman–Crippen MR) is 152 cm³/mol. The van der Waals surface area contributed by atoms with E-state index >= 15 is 0 Å². The van der Waals surface area contributed by atoms with Gasteiger partial charge in [-0.1, -0.05) is 60.1 Å². The predicted octanol–water partition coefficient (Wildman–Crippen LogP) is 5.40. The standard InChI is InChI=1S/C26H26ClN3O2.2C2HF3O2/c27-23-10-4-8-21(14-23)16-29-18-24(22-9-5-11-28-15-22)26(19-29)25(31)30(12-13-32-26)17-20-6-2-1-3-7-20;2*3-2(4,5)1(6)7/h1-11,14-15,24H,12-13,16-19H2;2*(H,6,7). The van der Waals surface area contributed by atoms with Crippen molar-refractivity contribution in [1.29, 1.82) is 0 Å². The number of hydrogen-bond acceptors (Lipinski definition) is 6. The number of morpholine rings is 1. The maximum Gasteiger partial charge on any atom is 0.490 e. The number of alkyl halides is 6. The number of carboxylic acid groups (broad SMARTS) is 2. The monoisotopic (exact) mass is 675 g/mol. The van der Waals surface area contributed by atoms with Gasteiger partial charge in [-0.05, 0) is 34.9 Å². The minimum absolute atomic E-state index is 0.0649. The third-order valence-electron chi connectivity index (χ3n) is 6.92. The summed E-state index contributed by atoms with van der Waals surface area (Å²) in [6.45, 7) is 3.71. The number of rotatable bonds is 5. The third-order valence-corrected chi connectivity index (χ3v) is 7.15. The lowest BCUT2D eigenvalue weighted by Gasteiger charge is -2.42. The molecular weight excluding hydrogens is 648 g/mol. The molecule has 2 N–H and O–H groups in total. The molecule has 1 spiro atoms. The van der Waals surface area contributed by atoms with Gasteiger partial charge in [0.2, 0.25) is 0 Å². The van der Waals surface area contributed by atoms with Gasteiger partial charge in [-0.2, -0.15) is 26.3 Å². The number of carbonyl (C=O) groups excluding carboxylic acids is 1. The van der Waals surface area contributed by atoms with Crippen LogP contribution in [0, 0.1) is 0 Å². The Bertz CT molecular complexity index is 1460. The zero-order chi connectivity index (χ0) is 34.1. The average Bonchev–Trinajstić information content (AvgIpc) is 3.34. The smallest absolute Gasteiger partial charge is 0.475 e. The largest absolute Gasteiger partial charge is 0.490 e. The number of carboxylic acids is 2. The molecule has 3 aromatic rings. The van der Waals surface area contributed by atoms with Crippen LogP contribution in [0.2, 0.25) is 5.02 Å². The van der Waals surface area contributed by atoms with Gasteiger partial charge in [0.05, 0.1) is 6.61 Å². The van der Waals surface area contributed by atoms with E-state index in [2.05, 4.69) is 34.1 Å². The molecule has 0 saturated carbocycles. The maximum absolute atomic E-state index is 13.9. The van der Waals surface area contributed by atoms with Crippen LogP contribution >= 0.6 is 11.6 Å². The fraction of sp³-hybridized carbons (Fsp3) is 0.333. The summed E-state index contributed by atoms with van der Waals surface area (Å²) in [5.41, 5.74) is 2.39. The third kappa shape index (κ3) is 9.89. The minimum atomic E-state index is -5.08. The molecule has 46 heavy (non-hydrogen) atoms. The molecule has 9 nitrogen and oxygen atoms in total. The molecule has 1 aromatic heterocycles. The minimum Gasteiger partial charge on any atom is -0.475 e. The van der Waals surface area contributed by atoms with Crippen molar-refractivity contribution in [1.82, 2.24) is 14.8 Å². The molecular formula is C30H28ClF6N3O6. The Morgan fingerprint density at radius 1 is 0.913 bits per heavy atom. The lowest BCUT2D eigenvalue weighted by Crippen LogP contribution is -2.59. The number of carbonyl (C=O) groups is 3. The average molecular weight is 676 g/mol. The molecule has 5 rings (SSSR count). The second kappa shape index (κ2) is 15.4. The van der Waals surface area contributed by atoms with Crippen molar-refractivity contribution in [3.05, 3.63) is 101 Å². The Morgan fingerprint density at radius 3 is 2.07 bits per heavy atom. The fourth-order valence-corrected chi connectivity index (χ4v) is 5.18. The van der Waals surface area contributed by atoms with Crippen molar-refractivity contribution in [3.63, 3.8) is 0 Å². The lowest BCUT2D eigenvalue weighted by molar-refractivity contribution is -0.193. The summed E-state index contributed by atoms with van der Waals surface area (Å²) in [5.74, 6) is -5.53. The van der Waals surface area contributed by atoms with Crippen molar-refractivity contribution in [2.45, 2.75) is 37.0 Å². The zero-order valence-electron chi connectivity index (χ0n) is 23.8. The van der Waals surface area contributed by atoms with Gasteiger partial charge in [-0.3, -0.25) is 14.7 Å². The highest BCUT2D eigenvalue weighted by molar-refractivity contribution is 6.30. The van der Waals surface area contributed by atoms with Crippen LogP contribution in [0.3, 0.4) is 0 Å². The van der Waals surface area contributed by atoms with Gasteiger partial charge in [-0.25, -0.2) is 9.59 Å². The number of amides is 1. The van der Waals surface area contributed by atoms with E-state index in [-0.39, 0.29) is 11.8 Å². The fourth-order valence-electron chi connectivity index (χ4n) is 4.97. The van der Waals surface area contributed by atoms with E-state index < -0.39 is 29.9 Å². The number of nitrogens with zero attached hydrogens (tertiary/aromatic N) is 3. The van der Waals surface area contributed by atoms with Crippen molar-refractivity contribution in [2.75, 3.05) is 26.2 Å². The Hall–Kier alpha value is -4.21. The molecule has 2 atom stereocenters. The first kappa shape index (κ1) is 36.3. The zero-order valence-corrected chi connectivity index (χ0v) is 24.6. The SMILES string of the molecule is O=C(O)C(F)(F)F.O=C(O)C(F)(F)F.O=C1N(Cc2ccccc2)CCOC12CN(Cc1cccc(Cl)c1)CC2c1cccnc1. The molecule has 1 amide bonds. The quantitative estimate of drug-likeness (QED) is 0.345. The highest BCUT2D eigenvalue weighted by Gasteiger charge is 2.57. The second-order valence-electron chi connectivity index (χ2n) is 10.2. The van der Waals surface area contributed by atoms with E-state index in [4.69, 9.17) is 36.1 Å². The first-order chi connectivity index (χ1) is 21.5. The first-order valence-corrected chi connectivity index (χ1v) is 13.8. The van der Waals surface area contributed by atoms with Gasteiger partial charge in [-0.15, -0.1) is 0 Å². The molecule has 2 fully saturated rings. The number of aliphatic carboxylic acids is 2. The number of hydrogen-bond donors (Lipinski definition) is 2. The van der Waals surface area contributed by atoms with Crippen LogP contribution < -0.4 is 0 Å². The van der Waals surface area contributed by atoms with Gasteiger partial charge in [0.15, 0.2) is 5.60 Å². The molecule has 2 aliphatic heterocycles. The molecule has 2 aromatic carbocycles. The summed E-state index contributed by atoms with van der Waals surface area (Å²) in [6.07, 6.45) is -6.54. The van der Waals surface area contributed by atoms with E-state index in [1.807, 2.05) is 53.6 Å². The van der Waals surface area contributed by atoms with Crippen LogP contribution in [0.5, 0.6) is 0 Å². The van der Waals surface area contributed by atoms with Gasteiger partial charge in [0.1, 0.15) is 0 Å². The number of halogens is 7. The molecule has 0 radical (unpaired) electrons. The Kier molecular flexibility index (Phi) is 12.1. The van der Waals surface area contributed by atoms with Crippen LogP contribution in [0.25, 0.3) is 0 Å². The Balaban J connectivity index is 0.000000345. The lowest BCUT2D eigenvalue weighted by atomic mass is 9.83. The summed E-state index contributed by atoms with van der Waals surface area (Å²) < 4.78 is 69.9. The molecule has 0 bridgehead atoms. The summed E-state index contributed by atoms with van der Waals surface area (Å²) in [7, 11) is 0. The summed E-state index contributed by atoms with van der Waals surface area (Å²) >= 11 is 6.20. The number of ether oxygens (including phenoxy) is 1. The molecule has 3 heterocycles. The van der Waals surface area contributed by atoms with E-state index in [9.17, 15) is 31.1 Å². The van der Waals surface area contributed by atoms with Crippen LogP contribution in [0.1, 0.15) is 22.6 Å². The van der Waals surface area contributed by atoms with Crippen LogP contribution in [0.15, 0.2) is 79.1 Å². The molecule has 248 valence electrons. The van der Waals surface area contributed by atoms with Gasteiger partial charge in [0, 0.05) is 56.1 Å². The van der Waals surface area contributed by atoms with E-state index in [1.165, 1.54) is 0 Å². The number of likely N-dealkylation sites (tertiary alicyclic amines) is 1. The number of aromatic nitrogens is 1. The van der Waals surface area contributed by atoms with Gasteiger partial charge >= 0.3 is 24.3 Å². The van der Waals surface area contributed by atoms with Crippen molar-refractivity contribution in [3.8, 4) is 0 Å². The van der Waals surface area contributed by atoms with E-state index in [0.717, 1.165) is 28.3 Å². The molecule has 16 heteroatoms. The maximum atomic E-state index is 13.9. The first-order valence-electron chi connectivity index (χ1n) is 13.5. The second-order valence-corrected chi connectivity index (χ2v) is 10.6. The molecule has 2 aliphatic rings. The Labute approximate surface area is 264 Å². The highest BCUT2D eigenvalue weighted by Crippen LogP contribution is 2.42. The van der Waals surface area contributed by atoms with Gasteiger partial charge < -0.3 is 19.8 Å². The highest BCUT2D eigenvalue weighted by atomic mass is 35.5. The molecule has 0 aliphatic carbocycles. The summed E-state index contributed by atoms with van der Waals surface area (Å²) in [5, 5.41) is 15.0. The Morgan fingerprint density at radius 2 is 1.52 bits per heavy atom. The molecule has 2 saturated heterocycles. The molecule has 2 unspecified atom stereocenters. The number of pyridine rings is 1. The van der Waals surface area contributed by atoms with Crippen molar-refractivity contribution < 1.29 is 55.7 Å². The van der Waals surface area contributed by atoms with Gasteiger partial charge in [0.25, 0.3) is 5.91 Å². The van der Waals surface area contributed by atoms with Crippen molar-refractivity contribution in [2.24, 2.45) is 0 Å². The topological polar surface area (TPSA) is 120 Å². The van der Waals surface area contributed by atoms with Crippen LogP contribution in [-0.2, 0) is 32.2 Å². The number of benzene rings is 2. The van der Waals surface area contributed by atoms with E-state index in [0.29, 0.717) is 32.8 Å². The van der Waals surface area contributed by atoms with E-state index in [1.54, 1.807) is 6.20 Å². The van der Waals surface area contributed by atoms with Crippen LogP contribution in [-0.4, -0.2) is 87.0 Å². The van der Waals surface area contributed by atoms with Crippen LogP contribution in [0.4, 0.5) is 26.3 Å². The van der Waals surface area contributed by atoms with Crippen molar-refractivity contribution >= 4 is 29.4 Å². The summed E-state index contributed by atoms with van der Waals surface area (Å²) in [6, 6.07) is 22.0. The normalized spacial score (nSPS) is 19.9.